The van der Waals surface area contributed by atoms with E-state index in [-0.39, 0.29) is 0 Å². The lowest BCUT2D eigenvalue weighted by Gasteiger charge is -2.27. The average molecular weight is 374 g/mol. The van der Waals surface area contributed by atoms with E-state index in [9.17, 15) is 5.11 Å². The van der Waals surface area contributed by atoms with Gasteiger partial charge in [-0.2, -0.15) is 0 Å². The van der Waals surface area contributed by atoms with Crippen LogP contribution in [0, 0.1) is 11.8 Å². The van der Waals surface area contributed by atoms with Crippen LogP contribution in [-0.2, 0) is 0 Å². The van der Waals surface area contributed by atoms with Crippen LogP contribution in [0.25, 0.3) is 0 Å². The summed E-state index contributed by atoms with van der Waals surface area (Å²) >= 11 is 0. The second-order valence-electron chi connectivity index (χ2n) is 9.26. The summed E-state index contributed by atoms with van der Waals surface area (Å²) < 4.78 is 0. The highest BCUT2D eigenvalue weighted by atomic mass is 16.3. The number of aromatic hydroxyl groups is 1. The van der Waals surface area contributed by atoms with Crippen molar-refractivity contribution in [2.75, 3.05) is 0 Å². The Kier molecular flexibility index (Phi) is 4.96. The summed E-state index contributed by atoms with van der Waals surface area (Å²) in [6, 6.07) is 14.6. The van der Waals surface area contributed by atoms with E-state index in [2.05, 4.69) is 17.1 Å². The van der Waals surface area contributed by atoms with Gasteiger partial charge >= 0.3 is 0 Å². The monoisotopic (exact) mass is 373 g/mol. The molecule has 2 nitrogen and oxygen atoms in total. The number of hydrogen-bond acceptors (Lipinski definition) is 2. The van der Waals surface area contributed by atoms with Crippen LogP contribution in [0.2, 0.25) is 0 Å². The summed E-state index contributed by atoms with van der Waals surface area (Å²) in [6.45, 7) is 0. The van der Waals surface area contributed by atoms with E-state index in [0.29, 0.717) is 17.6 Å². The predicted molar refractivity (Wildman–Crippen MR) is 116 cm³/mol. The van der Waals surface area contributed by atoms with Crippen LogP contribution >= 0.6 is 0 Å². The van der Waals surface area contributed by atoms with Crippen LogP contribution in [0.15, 0.2) is 47.5 Å². The molecule has 0 amide bonds. The van der Waals surface area contributed by atoms with E-state index in [1.165, 1.54) is 68.9 Å². The first-order chi connectivity index (χ1) is 13.8. The van der Waals surface area contributed by atoms with Gasteiger partial charge in [-0.1, -0.05) is 49.9 Å². The van der Waals surface area contributed by atoms with Crippen molar-refractivity contribution in [2.45, 2.75) is 69.6 Å². The number of hydrogen-bond donors (Lipinski definition) is 1. The van der Waals surface area contributed by atoms with Crippen LogP contribution < -0.4 is 0 Å². The molecule has 1 N–H and O–H groups in total. The molecule has 3 unspecified atom stereocenters. The van der Waals surface area contributed by atoms with Crippen molar-refractivity contribution in [3.8, 4) is 5.75 Å². The molecule has 0 aromatic heterocycles. The lowest BCUT2D eigenvalue weighted by atomic mass is 9.78. The molecule has 0 spiro atoms. The first-order valence-corrected chi connectivity index (χ1v) is 11.2. The Balaban J connectivity index is 1.52. The highest BCUT2D eigenvalue weighted by molar-refractivity contribution is 5.86. The van der Waals surface area contributed by atoms with E-state index >= 15 is 0 Å². The summed E-state index contributed by atoms with van der Waals surface area (Å²) in [5.74, 6) is 3.34. The van der Waals surface area contributed by atoms with Crippen LogP contribution in [0.3, 0.4) is 0 Å². The zero-order chi connectivity index (χ0) is 18.9. The third kappa shape index (κ3) is 3.50. The smallest absolute Gasteiger partial charge is 0.127 e. The van der Waals surface area contributed by atoms with E-state index in [1.54, 1.807) is 0 Å². The van der Waals surface area contributed by atoms with E-state index in [0.717, 1.165) is 23.1 Å². The van der Waals surface area contributed by atoms with Crippen molar-refractivity contribution in [3.63, 3.8) is 0 Å². The molecule has 3 aliphatic carbocycles. The molecule has 28 heavy (non-hydrogen) atoms. The summed E-state index contributed by atoms with van der Waals surface area (Å²) in [7, 11) is 0. The third-order valence-electron chi connectivity index (χ3n) is 7.51. The third-order valence-corrected chi connectivity index (χ3v) is 7.51. The molecule has 2 aromatic carbocycles. The Bertz CT molecular complexity index is 850. The van der Waals surface area contributed by atoms with Gasteiger partial charge in [0.1, 0.15) is 5.75 Å². The van der Waals surface area contributed by atoms with E-state index in [1.807, 2.05) is 36.5 Å². The maximum Gasteiger partial charge on any atom is 0.127 e. The number of phenols is 1. The van der Waals surface area contributed by atoms with Crippen molar-refractivity contribution in [1.29, 1.82) is 0 Å². The fourth-order valence-electron chi connectivity index (χ4n) is 6.04. The summed E-state index contributed by atoms with van der Waals surface area (Å²) in [4.78, 5) is 4.65. The molecule has 5 rings (SSSR count). The quantitative estimate of drug-likeness (QED) is 0.570. The van der Waals surface area contributed by atoms with E-state index in [4.69, 9.17) is 0 Å². The number of nitrogens with zero attached hydrogens (tertiary/aromatic N) is 1. The Morgan fingerprint density at radius 2 is 1.71 bits per heavy atom. The number of benzene rings is 2. The number of aliphatic imine (C=N–C) groups is 1. The standard InChI is InChI=1S/C26H31NO/c28-26-22(17-27-23-9-5-2-6-10-23)15-21(19-7-3-1-4-8-19)16-25(26)24-14-18-11-12-20(24)13-18/h2,5-6,9-10,15-20,24,28H,1,3-4,7-8,11-14H2. The van der Waals surface area contributed by atoms with Crippen LogP contribution in [0.5, 0.6) is 5.75 Å². The first kappa shape index (κ1) is 18.0. The second-order valence-corrected chi connectivity index (χ2v) is 9.26. The van der Waals surface area contributed by atoms with Gasteiger partial charge in [-0.05, 0) is 85.1 Å². The Morgan fingerprint density at radius 3 is 2.43 bits per heavy atom. The fourth-order valence-corrected chi connectivity index (χ4v) is 6.04. The molecule has 2 heteroatoms. The molecule has 146 valence electrons. The SMILES string of the molecule is Oc1c(C=Nc2ccccc2)cc(C2CCCCC2)cc1C1CC2CCC1C2. The minimum Gasteiger partial charge on any atom is -0.507 e. The van der Waals surface area contributed by atoms with Gasteiger partial charge in [-0.25, -0.2) is 0 Å². The molecule has 2 bridgehead atoms. The zero-order valence-electron chi connectivity index (χ0n) is 16.7. The topological polar surface area (TPSA) is 32.6 Å². The predicted octanol–water partition coefficient (Wildman–Crippen LogP) is 7.09. The number of fused-ring (bicyclic) bond motifs is 2. The van der Waals surface area contributed by atoms with Crippen LogP contribution in [-0.4, -0.2) is 11.3 Å². The maximum atomic E-state index is 11.2. The molecule has 0 aliphatic heterocycles. The molecular weight excluding hydrogens is 342 g/mol. The summed E-state index contributed by atoms with van der Waals surface area (Å²) in [5.41, 5.74) is 4.49. The first-order valence-electron chi connectivity index (χ1n) is 11.2. The van der Waals surface area contributed by atoms with E-state index < -0.39 is 0 Å². The molecule has 3 aliphatic rings. The molecule has 0 radical (unpaired) electrons. The maximum absolute atomic E-state index is 11.2. The minimum absolute atomic E-state index is 0.483. The lowest BCUT2D eigenvalue weighted by Crippen LogP contribution is -2.12. The van der Waals surface area contributed by atoms with Gasteiger partial charge in [0.05, 0.1) is 5.69 Å². The molecular formula is C26H31NO. The van der Waals surface area contributed by atoms with Crippen LogP contribution in [0.1, 0.15) is 86.3 Å². The summed E-state index contributed by atoms with van der Waals surface area (Å²) in [5, 5.41) is 11.2. The van der Waals surface area contributed by atoms with Crippen molar-refractivity contribution in [1.82, 2.24) is 0 Å². The number of phenolic OH excluding ortho intramolecular Hbond substituents is 1. The Labute approximate surface area is 168 Å². The molecule has 3 saturated carbocycles. The van der Waals surface area contributed by atoms with Gasteiger partial charge in [-0.3, -0.25) is 4.99 Å². The van der Waals surface area contributed by atoms with Gasteiger partial charge in [0, 0.05) is 11.8 Å². The molecule has 2 aromatic rings. The summed E-state index contributed by atoms with van der Waals surface area (Å²) in [6.07, 6.45) is 13.9. The normalized spacial score (nSPS) is 27.6. The molecule has 0 heterocycles. The fraction of sp³-hybridized carbons (Fsp3) is 0.500. The second kappa shape index (κ2) is 7.73. The Hall–Kier alpha value is -2.09. The molecule has 0 saturated heterocycles. The van der Waals surface area contributed by atoms with Gasteiger partial charge in [0.25, 0.3) is 0 Å². The van der Waals surface area contributed by atoms with Crippen LogP contribution in [0.4, 0.5) is 5.69 Å². The lowest BCUT2D eigenvalue weighted by molar-refractivity contribution is 0.395. The van der Waals surface area contributed by atoms with Crippen molar-refractivity contribution in [2.24, 2.45) is 16.8 Å². The highest BCUT2D eigenvalue weighted by Crippen LogP contribution is 2.55. The largest absolute Gasteiger partial charge is 0.507 e. The van der Waals surface area contributed by atoms with Crippen molar-refractivity contribution >= 4 is 11.9 Å². The number of para-hydroxylation sites is 1. The zero-order valence-corrected chi connectivity index (χ0v) is 16.7. The van der Waals surface area contributed by atoms with Gasteiger partial charge in [0.15, 0.2) is 0 Å². The van der Waals surface area contributed by atoms with Crippen molar-refractivity contribution < 1.29 is 5.11 Å². The average Bonchev–Trinajstić information content (AvgIpc) is 3.38. The number of rotatable bonds is 4. The van der Waals surface area contributed by atoms with Crippen molar-refractivity contribution in [3.05, 3.63) is 59.2 Å². The highest BCUT2D eigenvalue weighted by Gasteiger charge is 2.41. The Morgan fingerprint density at radius 1 is 0.893 bits per heavy atom. The van der Waals surface area contributed by atoms with Gasteiger partial charge in [-0.15, -0.1) is 0 Å². The van der Waals surface area contributed by atoms with Gasteiger partial charge in [0.2, 0.25) is 0 Å². The molecule has 3 atom stereocenters. The van der Waals surface area contributed by atoms with Gasteiger partial charge < -0.3 is 5.11 Å². The minimum atomic E-state index is 0.483. The molecule has 3 fully saturated rings.